The maximum absolute atomic E-state index is 12.3. The molecule has 0 aliphatic rings. The van der Waals surface area contributed by atoms with Gasteiger partial charge in [-0.05, 0) is 64.8 Å². The van der Waals surface area contributed by atoms with Crippen molar-refractivity contribution in [3.63, 3.8) is 0 Å². The molecule has 0 aliphatic carbocycles. The number of nitrogens with one attached hydrogen (secondary N) is 2. The molecule has 2 N–H and O–H groups in total. The van der Waals surface area contributed by atoms with Gasteiger partial charge in [0, 0.05) is 17.7 Å². The molecule has 0 aromatic heterocycles. The molecule has 0 aliphatic heterocycles. The van der Waals surface area contributed by atoms with Crippen molar-refractivity contribution in [1.82, 2.24) is 5.43 Å². The first-order chi connectivity index (χ1) is 17.3. The first kappa shape index (κ1) is 26.6. The number of nitro benzene ring substituents is 1. The van der Waals surface area contributed by atoms with Gasteiger partial charge in [-0.15, -0.1) is 0 Å². The fourth-order valence-corrected chi connectivity index (χ4v) is 3.67. The minimum absolute atomic E-state index is 0.119. The van der Waals surface area contributed by atoms with Gasteiger partial charge >= 0.3 is 0 Å². The Morgan fingerprint density at radius 3 is 2.53 bits per heavy atom. The van der Waals surface area contributed by atoms with Crippen LogP contribution in [0.25, 0.3) is 0 Å². The highest BCUT2D eigenvalue weighted by atomic mass is 79.9. The molecule has 3 aromatic rings. The SMILES string of the molecule is CCOc1cc(/C=N/NC(=O)c2ccc([N+](=O)[O-])cc2)cc(Br)c1OCC(=O)Nc1ccccc1Cl. The molecule has 0 bridgehead atoms. The number of ether oxygens (including phenoxy) is 2. The van der Waals surface area contributed by atoms with Crippen LogP contribution >= 0.6 is 27.5 Å². The van der Waals surface area contributed by atoms with Gasteiger partial charge in [0.15, 0.2) is 18.1 Å². The highest BCUT2D eigenvalue weighted by Crippen LogP contribution is 2.36. The Balaban J connectivity index is 1.66. The van der Waals surface area contributed by atoms with Crippen molar-refractivity contribution in [2.45, 2.75) is 6.92 Å². The predicted molar refractivity (Wildman–Crippen MR) is 139 cm³/mol. The number of anilines is 1. The Hall–Kier alpha value is -3.96. The Labute approximate surface area is 219 Å². The van der Waals surface area contributed by atoms with E-state index in [0.29, 0.717) is 38.9 Å². The first-order valence-corrected chi connectivity index (χ1v) is 11.7. The van der Waals surface area contributed by atoms with E-state index >= 15 is 0 Å². The molecule has 0 atom stereocenters. The summed E-state index contributed by atoms with van der Waals surface area (Å²) < 4.78 is 11.8. The van der Waals surface area contributed by atoms with E-state index in [2.05, 4.69) is 31.8 Å². The van der Waals surface area contributed by atoms with Crippen molar-refractivity contribution in [2.75, 3.05) is 18.5 Å². The van der Waals surface area contributed by atoms with Crippen molar-refractivity contribution < 1.29 is 24.0 Å². The van der Waals surface area contributed by atoms with Crippen LogP contribution in [-0.2, 0) is 4.79 Å². The smallest absolute Gasteiger partial charge is 0.271 e. The van der Waals surface area contributed by atoms with Gasteiger partial charge in [0.25, 0.3) is 17.5 Å². The van der Waals surface area contributed by atoms with Gasteiger partial charge in [-0.1, -0.05) is 23.7 Å². The fourth-order valence-electron chi connectivity index (χ4n) is 2.92. The summed E-state index contributed by atoms with van der Waals surface area (Å²) in [6, 6.07) is 15.3. The van der Waals surface area contributed by atoms with Gasteiger partial charge < -0.3 is 14.8 Å². The highest BCUT2D eigenvalue weighted by Gasteiger charge is 2.15. The summed E-state index contributed by atoms with van der Waals surface area (Å²) in [6.45, 7) is 1.85. The number of amides is 2. The lowest BCUT2D eigenvalue weighted by Crippen LogP contribution is -2.20. The number of hydrogen-bond donors (Lipinski definition) is 2. The number of carbonyl (C=O) groups is 2. The number of para-hydroxylation sites is 1. The molecular formula is C24H20BrClN4O6. The van der Waals surface area contributed by atoms with Gasteiger partial charge in [-0.3, -0.25) is 19.7 Å². The maximum atomic E-state index is 12.3. The Morgan fingerprint density at radius 2 is 1.86 bits per heavy atom. The molecule has 0 spiro atoms. The van der Waals surface area contributed by atoms with Crippen molar-refractivity contribution in [3.05, 3.63) is 91.4 Å². The van der Waals surface area contributed by atoms with E-state index < -0.39 is 16.7 Å². The van der Waals surface area contributed by atoms with E-state index in [9.17, 15) is 19.7 Å². The summed E-state index contributed by atoms with van der Waals surface area (Å²) in [4.78, 5) is 34.7. The average Bonchev–Trinajstić information content (AvgIpc) is 2.85. The molecule has 10 nitrogen and oxygen atoms in total. The third-order valence-electron chi connectivity index (χ3n) is 4.55. The second kappa shape index (κ2) is 12.7. The molecule has 186 valence electrons. The van der Waals surface area contributed by atoms with E-state index in [1.165, 1.54) is 30.5 Å². The number of non-ortho nitro benzene ring substituents is 1. The van der Waals surface area contributed by atoms with Gasteiger partial charge in [-0.25, -0.2) is 5.43 Å². The van der Waals surface area contributed by atoms with E-state index in [1.807, 2.05) is 0 Å². The predicted octanol–water partition coefficient (Wildman–Crippen LogP) is 5.19. The molecule has 0 radical (unpaired) electrons. The number of hydrazone groups is 1. The molecule has 12 heteroatoms. The van der Waals surface area contributed by atoms with Crippen molar-refractivity contribution in [3.8, 4) is 11.5 Å². The molecule has 0 heterocycles. The summed E-state index contributed by atoms with van der Waals surface area (Å²) in [5, 5.41) is 17.7. The highest BCUT2D eigenvalue weighted by molar-refractivity contribution is 9.10. The van der Waals surface area contributed by atoms with Crippen LogP contribution < -0.4 is 20.2 Å². The molecule has 0 saturated heterocycles. The lowest BCUT2D eigenvalue weighted by Gasteiger charge is -2.15. The molecule has 0 unspecified atom stereocenters. The zero-order valence-corrected chi connectivity index (χ0v) is 21.2. The molecule has 3 rings (SSSR count). The number of benzene rings is 3. The lowest BCUT2D eigenvalue weighted by molar-refractivity contribution is -0.384. The van der Waals surface area contributed by atoms with E-state index in [0.717, 1.165) is 0 Å². The quantitative estimate of drug-likeness (QED) is 0.194. The zero-order valence-electron chi connectivity index (χ0n) is 18.9. The van der Waals surface area contributed by atoms with Crippen LogP contribution in [0.2, 0.25) is 5.02 Å². The second-order valence-electron chi connectivity index (χ2n) is 7.08. The number of rotatable bonds is 10. The van der Waals surface area contributed by atoms with E-state index in [1.54, 1.807) is 43.3 Å². The van der Waals surface area contributed by atoms with Crippen molar-refractivity contribution in [2.24, 2.45) is 5.10 Å². The van der Waals surface area contributed by atoms with Gasteiger partial charge in [0.1, 0.15) is 0 Å². The van der Waals surface area contributed by atoms with Gasteiger partial charge in [-0.2, -0.15) is 5.10 Å². The summed E-state index contributed by atoms with van der Waals surface area (Å²) in [6.07, 6.45) is 1.39. The molecule has 36 heavy (non-hydrogen) atoms. The molecule has 0 fully saturated rings. The topological polar surface area (TPSA) is 132 Å². The normalized spacial score (nSPS) is 10.6. The Kier molecular flexibility index (Phi) is 9.37. The molecule has 0 saturated carbocycles. The van der Waals surface area contributed by atoms with Crippen molar-refractivity contribution in [1.29, 1.82) is 0 Å². The van der Waals surface area contributed by atoms with Crippen LogP contribution in [0.3, 0.4) is 0 Å². The van der Waals surface area contributed by atoms with Crippen LogP contribution in [0.15, 0.2) is 70.2 Å². The third-order valence-corrected chi connectivity index (χ3v) is 5.47. The number of nitrogens with zero attached hydrogens (tertiary/aromatic N) is 2. The third kappa shape index (κ3) is 7.27. The summed E-state index contributed by atoms with van der Waals surface area (Å²) in [7, 11) is 0. The lowest BCUT2D eigenvalue weighted by atomic mass is 10.2. The minimum atomic E-state index is -0.549. The first-order valence-electron chi connectivity index (χ1n) is 10.5. The van der Waals surface area contributed by atoms with Crippen LogP contribution in [-0.4, -0.2) is 36.2 Å². The van der Waals surface area contributed by atoms with Crippen LogP contribution in [0.4, 0.5) is 11.4 Å². The van der Waals surface area contributed by atoms with E-state index in [-0.39, 0.29) is 17.9 Å². The van der Waals surface area contributed by atoms with Crippen LogP contribution in [0, 0.1) is 10.1 Å². The van der Waals surface area contributed by atoms with Gasteiger partial charge in [0.05, 0.1) is 32.9 Å². The second-order valence-corrected chi connectivity index (χ2v) is 8.34. The molecular weight excluding hydrogens is 556 g/mol. The monoisotopic (exact) mass is 574 g/mol. The largest absolute Gasteiger partial charge is 0.490 e. The zero-order chi connectivity index (χ0) is 26.1. The number of nitro groups is 1. The summed E-state index contributed by atoms with van der Waals surface area (Å²) >= 11 is 9.47. The van der Waals surface area contributed by atoms with Crippen LogP contribution in [0.5, 0.6) is 11.5 Å². The number of carbonyl (C=O) groups excluding carboxylic acids is 2. The van der Waals surface area contributed by atoms with Crippen molar-refractivity contribution >= 4 is 56.9 Å². The standard InChI is InChI=1S/C24H20BrClN4O6/c1-2-35-21-12-15(13-27-29-24(32)16-7-9-17(10-8-16)30(33)34)11-18(25)23(21)36-14-22(31)28-20-6-4-3-5-19(20)26/h3-13H,2,14H2,1H3,(H,28,31)(H,29,32)/b27-13+. The van der Waals surface area contributed by atoms with Gasteiger partial charge in [0.2, 0.25) is 0 Å². The van der Waals surface area contributed by atoms with Crippen LogP contribution in [0.1, 0.15) is 22.8 Å². The fraction of sp³-hybridized carbons (Fsp3) is 0.125. The average molecular weight is 576 g/mol. The molecule has 2 amide bonds. The number of halogens is 2. The molecule has 3 aromatic carbocycles. The number of hydrogen-bond acceptors (Lipinski definition) is 7. The Bertz CT molecular complexity index is 1300. The maximum Gasteiger partial charge on any atom is 0.271 e. The summed E-state index contributed by atoms with van der Waals surface area (Å²) in [5.74, 6) is -0.259. The Morgan fingerprint density at radius 1 is 1.14 bits per heavy atom. The summed E-state index contributed by atoms with van der Waals surface area (Å²) in [5.41, 5.74) is 3.50. The van der Waals surface area contributed by atoms with E-state index in [4.69, 9.17) is 21.1 Å². The minimum Gasteiger partial charge on any atom is -0.490 e.